The molecule has 0 N–H and O–H groups in total. The molecular formula is C19H16ClN5OS2. The van der Waals surface area contributed by atoms with Crippen molar-refractivity contribution in [2.24, 2.45) is 0 Å². The number of para-hydroxylation sites is 1. The maximum Gasteiger partial charge on any atom is 0.233 e. The van der Waals surface area contributed by atoms with Gasteiger partial charge in [-0.1, -0.05) is 41.6 Å². The number of carbonyl (C=O) groups is 1. The summed E-state index contributed by atoms with van der Waals surface area (Å²) in [4.78, 5) is 24.0. The van der Waals surface area contributed by atoms with Crippen LogP contribution in [0.3, 0.4) is 0 Å². The maximum atomic E-state index is 12.5. The molecule has 9 heteroatoms. The average molecular weight is 430 g/mol. The van der Waals surface area contributed by atoms with Crippen molar-refractivity contribution < 1.29 is 4.79 Å². The van der Waals surface area contributed by atoms with Gasteiger partial charge in [-0.3, -0.25) is 4.79 Å². The molecule has 0 unspecified atom stereocenters. The highest BCUT2D eigenvalue weighted by atomic mass is 35.5. The molecule has 0 saturated heterocycles. The summed E-state index contributed by atoms with van der Waals surface area (Å²) in [6, 6.07) is 13.6. The van der Waals surface area contributed by atoms with E-state index >= 15 is 0 Å². The summed E-state index contributed by atoms with van der Waals surface area (Å²) >= 11 is 8.83. The Bertz CT molecular complexity index is 1110. The Kier molecular flexibility index (Phi) is 5.61. The summed E-state index contributed by atoms with van der Waals surface area (Å²) in [5.74, 6) is 0.315. The molecule has 28 heavy (non-hydrogen) atoms. The van der Waals surface area contributed by atoms with Gasteiger partial charge < -0.3 is 4.90 Å². The Morgan fingerprint density at radius 1 is 1.21 bits per heavy atom. The Labute approximate surface area is 175 Å². The molecule has 0 saturated carbocycles. The summed E-state index contributed by atoms with van der Waals surface area (Å²) in [6.45, 7) is 0.544. The number of amides is 1. The van der Waals surface area contributed by atoms with E-state index in [0.29, 0.717) is 6.54 Å². The van der Waals surface area contributed by atoms with Gasteiger partial charge in [0.25, 0.3) is 0 Å². The van der Waals surface area contributed by atoms with Crippen LogP contribution in [0.5, 0.6) is 0 Å². The number of hydrogen-bond acceptors (Lipinski definition) is 6. The molecule has 3 heterocycles. The van der Waals surface area contributed by atoms with Crippen LogP contribution in [0.25, 0.3) is 16.7 Å². The summed E-state index contributed by atoms with van der Waals surface area (Å²) in [6.07, 6.45) is 3.25. The monoisotopic (exact) mass is 429 g/mol. The zero-order valence-electron chi connectivity index (χ0n) is 14.9. The van der Waals surface area contributed by atoms with Crippen molar-refractivity contribution >= 4 is 51.6 Å². The van der Waals surface area contributed by atoms with Crippen molar-refractivity contribution in [3.05, 3.63) is 64.2 Å². The topological polar surface area (TPSA) is 63.9 Å². The van der Waals surface area contributed by atoms with E-state index in [1.54, 1.807) is 22.8 Å². The van der Waals surface area contributed by atoms with Crippen molar-refractivity contribution in [1.29, 1.82) is 0 Å². The van der Waals surface area contributed by atoms with Crippen LogP contribution in [0.1, 0.15) is 4.88 Å². The molecule has 1 aromatic carbocycles. The highest BCUT2D eigenvalue weighted by molar-refractivity contribution is 8.00. The number of benzene rings is 1. The van der Waals surface area contributed by atoms with Gasteiger partial charge in [0.1, 0.15) is 11.4 Å². The lowest BCUT2D eigenvalue weighted by Crippen LogP contribution is -2.27. The first-order valence-electron chi connectivity index (χ1n) is 8.47. The molecule has 1 amide bonds. The van der Waals surface area contributed by atoms with E-state index in [4.69, 9.17) is 11.6 Å². The number of fused-ring (bicyclic) bond motifs is 1. The van der Waals surface area contributed by atoms with Crippen LogP contribution in [0.2, 0.25) is 4.34 Å². The second-order valence-electron chi connectivity index (χ2n) is 6.05. The number of thioether (sulfide) groups is 1. The first kappa shape index (κ1) is 18.9. The summed E-state index contributed by atoms with van der Waals surface area (Å²) in [5, 5.41) is 6.01. The molecule has 0 spiro atoms. The fourth-order valence-electron chi connectivity index (χ4n) is 2.69. The second kappa shape index (κ2) is 8.30. The predicted octanol–water partition coefficient (Wildman–Crippen LogP) is 4.28. The summed E-state index contributed by atoms with van der Waals surface area (Å²) in [5.41, 5.74) is 1.65. The number of nitrogens with zero attached hydrogens (tertiary/aromatic N) is 5. The minimum atomic E-state index is 0.0248. The molecular weight excluding hydrogens is 414 g/mol. The third-order valence-electron chi connectivity index (χ3n) is 4.11. The Balaban J connectivity index is 1.48. The first-order valence-corrected chi connectivity index (χ1v) is 10.6. The first-order chi connectivity index (χ1) is 13.6. The molecule has 4 rings (SSSR count). The van der Waals surface area contributed by atoms with Crippen molar-refractivity contribution in [2.45, 2.75) is 11.6 Å². The third kappa shape index (κ3) is 4.04. The molecule has 0 bridgehead atoms. The minimum absolute atomic E-state index is 0.0248. The highest BCUT2D eigenvalue weighted by Crippen LogP contribution is 2.26. The Hall–Kier alpha value is -2.42. The van der Waals surface area contributed by atoms with E-state index in [2.05, 4.69) is 15.1 Å². The van der Waals surface area contributed by atoms with Gasteiger partial charge in [0, 0.05) is 11.9 Å². The lowest BCUT2D eigenvalue weighted by Gasteiger charge is -2.15. The fourth-order valence-corrected chi connectivity index (χ4v) is 4.74. The number of thiophene rings is 1. The average Bonchev–Trinajstić information content (AvgIpc) is 3.33. The van der Waals surface area contributed by atoms with Crippen LogP contribution in [0.15, 0.2) is 60.0 Å². The maximum absolute atomic E-state index is 12.5. The largest absolute Gasteiger partial charge is 0.340 e. The standard InChI is InChI=1S/C19H16ClN5OS2/c1-24(10-14-7-8-16(20)28-14)17(26)11-27-19-15-9-23-25(18(15)21-12-22-19)13-5-3-2-4-6-13/h2-9,12H,10-11H2,1H3. The molecule has 0 aliphatic rings. The van der Waals surface area contributed by atoms with Crippen molar-refractivity contribution in [1.82, 2.24) is 24.6 Å². The van der Waals surface area contributed by atoms with Gasteiger partial charge >= 0.3 is 0 Å². The van der Waals surface area contributed by atoms with E-state index in [9.17, 15) is 4.79 Å². The number of hydrogen-bond donors (Lipinski definition) is 0. The molecule has 0 aliphatic carbocycles. The van der Waals surface area contributed by atoms with Crippen LogP contribution in [0.4, 0.5) is 0 Å². The predicted molar refractivity (Wildman–Crippen MR) is 113 cm³/mol. The summed E-state index contributed by atoms with van der Waals surface area (Å²) < 4.78 is 2.50. The van der Waals surface area contributed by atoms with Crippen LogP contribution in [-0.4, -0.2) is 43.4 Å². The smallest absolute Gasteiger partial charge is 0.233 e. The molecule has 0 atom stereocenters. The molecule has 142 valence electrons. The van der Waals surface area contributed by atoms with E-state index in [0.717, 1.165) is 31.0 Å². The molecule has 0 fully saturated rings. The van der Waals surface area contributed by atoms with Gasteiger partial charge in [-0.05, 0) is 24.3 Å². The number of aromatic nitrogens is 4. The summed E-state index contributed by atoms with van der Waals surface area (Å²) in [7, 11) is 1.79. The molecule has 4 aromatic rings. The van der Waals surface area contributed by atoms with Gasteiger partial charge in [0.2, 0.25) is 5.91 Å². The van der Waals surface area contributed by atoms with Crippen LogP contribution >= 0.6 is 34.7 Å². The highest BCUT2D eigenvalue weighted by Gasteiger charge is 2.15. The van der Waals surface area contributed by atoms with E-state index in [1.807, 2.05) is 42.5 Å². The Morgan fingerprint density at radius 3 is 2.79 bits per heavy atom. The normalized spacial score (nSPS) is 11.1. The quantitative estimate of drug-likeness (QED) is 0.338. The van der Waals surface area contributed by atoms with Gasteiger partial charge in [-0.15, -0.1) is 11.3 Å². The van der Waals surface area contributed by atoms with Crippen molar-refractivity contribution in [3.8, 4) is 5.69 Å². The third-order valence-corrected chi connectivity index (χ3v) is 6.32. The van der Waals surface area contributed by atoms with Gasteiger partial charge in [-0.2, -0.15) is 5.10 Å². The van der Waals surface area contributed by atoms with Gasteiger partial charge in [0.05, 0.1) is 33.9 Å². The van der Waals surface area contributed by atoms with Crippen LogP contribution in [-0.2, 0) is 11.3 Å². The van der Waals surface area contributed by atoms with Crippen molar-refractivity contribution in [2.75, 3.05) is 12.8 Å². The van der Waals surface area contributed by atoms with Crippen LogP contribution < -0.4 is 0 Å². The number of carbonyl (C=O) groups excluding carboxylic acids is 1. The zero-order valence-corrected chi connectivity index (χ0v) is 17.3. The number of rotatable bonds is 6. The zero-order chi connectivity index (χ0) is 19.5. The fraction of sp³-hybridized carbons (Fsp3) is 0.158. The Morgan fingerprint density at radius 2 is 2.04 bits per heavy atom. The minimum Gasteiger partial charge on any atom is -0.340 e. The lowest BCUT2D eigenvalue weighted by molar-refractivity contribution is -0.127. The molecule has 0 radical (unpaired) electrons. The van der Waals surface area contributed by atoms with Gasteiger partial charge in [0.15, 0.2) is 5.65 Å². The SMILES string of the molecule is CN(Cc1ccc(Cl)s1)C(=O)CSc1ncnc2c1cnn2-c1ccccc1. The second-order valence-corrected chi connectivity index (χ2v) is 8.82. The molecule has 6 nitrogen and oxygen atoms in total. The molecule has 0 aliphatic heterocycles. The van der Waals surface area contributed by atoms with E-state index in [-0.39, 0.29) is 11.7 Å². The van der Waals surface area contributed by atoms with E-state index < -0.39 is 0 Å². The van der Waals surface area contributed by atoms with Gasteiger partial charge in [-0.25, -0.2) is 14.6 Å². The number of halogens is 1. The lowest BCUT2D eigenvalue weighted by atomic mass is 10.3. The van der Waals surface area contributed by atoms with E-state index in [1.165, 1.54) is 29.4 Å². The van der Waals surface area contributed by atoms with Crippen molar-refractivity contribution in [3.63, 3.8) is 0 Å². The molecule has 3 aromatic heterocycles. The van der Waals surface area contributed by atoms with Crippen LogP contribution in [0, 0.1) is 0 Å².